The molecule has 0 radical (unpaired) electrons. The molecule has 4 rings (SSSR count). The van der Waals surface area contributed by atoms with Gasteiger partial charge < -0.3 is 21.3 Å². The Balaban J connectivity index is 0.00000462. The van der Waals surface area contributed by atoms with E-state index in [9.17, 15) is 14.4 Å². The van der Waals surface area contributed by atoms with Crippen LogP contribution in [0.15, 0.2) is 41.3 Å². The van der Waals surface area contributed by atoms with Gasteiger partial charge >= 0.3 is 11.7 Å². The minimum atomic E-state index is -0.960. The molecule has 226 valence electrons. The van der Waals surface area contributed by atoms with Crippen LogP contribution in [-0.4, -0.2) is 86.0 Å². The Labute approximate surface area is 248 Å². The molecule has 2 aliphatic rings. The van der Waals surface area contributed by atoms with Crippen LogP contribution in [0, 0.1) is 0 Å². The first kappa shape index (κ1) is 32.5. The van der Waals surface area contributed by atoms with E-state index in [1.165, 1.54) is 10.1 Å². The summed E-state index contributed by atoms with van der Waals surface area (Å²) < 4.78 is 1.46. The van der Waals surface area contributed by atoms with Crippen molar-refractivity contribution in [2.45, 2.75) is 83.6 Å². The average Bonchev–Trinajstić information content (AvgIpc) is 2.92. The van der Waals surface area contributed by atoms with E-state index in [1.807, 2.05) is 31.2 Å². The van der Waals surface area contributed by atoms with Crippen molar-refractivity contribution in [2.24, 2.45) is 11.5 Å². The zero-order valence-electron chi connectivity index (χ0n) is 24.6. The first-order valence-electron chi connectivity index (χ1n) is 14.3. The molecule has 1 aromatic heterocycles. The third-order valence-corrected chi connectivity index (χ3v) is 8.03. The van der Waals surface area contributed by atoms with Crippen molar-refractivity contribution in [3.8, 4) is 5.69 Å². The van der Waals surface area contributed by atoms with Crippen LogP contribution in [0.5, 0.6) is 0 Å². The van der Waals surface area contributed by atoms with E-state index in [1.54, 1.807) is 35.9 Å². The van der Waals surface area contributed by atoms with Gasteiger partial charge in [0, 0.05) is 50.5 Å². The van der Waals surface area contributed by atoms with Gasteiger partial charge in [0.25, 0.3) is 0 Å². The molecule has 12 heteroatoms. The number of carbonyl (C=O) groups excluding carboxylic acids is 2. The summed E-state index contributed by atoms with van der Waals surface area (Å²) in [6.45, 7) is 10.4. The van der Waals surface area contributed by atoms with E-state index in [2.05, 4.69) is 22.1 Å². The number of hydrogen-bond donors (Lipinski definition) is 3. The molecule has 0 bridgehead atoms. The number of urea groups is 1. The van der Waals surface area contributed by atoms with Gasteiger partial charge in [-0.15, -0.1) is 12.4 Å². The number of nitrogens with one attached hydrogen (secondary N) is 1. The van der Waals surface area contributed by atoms with E-state index in [0.29, 0.717) is 37.4 Å². The molecule has 1 aromatic carbocycles. The number of nitrogens with two attached hydrogens (primary N) is 2. The number of hydrogen-bond acceptors (Lipinski definition) is 7. The molecule has 2 aromatic rings. The summed E-state index contributed by atoms with van der Waals surface area (Å²) in [7, 11) is 0. The maximum absolute atomic E-state index is 12.9. The Hall–Kier alpha value is -2.99. The van der Waals surface area contributed by atoms with Crippen LogP contribution < -0.4 is 22.5 Å². The molecule has 5 N–H and O–H groups in total. The zero-order valence-corrected chi connectivity index (χ0v) is 25.4. The summed E-state index contributed by atoms with van der Waals surface area (Å²) in [5, 5.41) is 2.73. The lowest BCUT2D eigenvalue weighted by molar-refractivity contribution is -0.138. The number of halogens is 1. The van der Waals surface area contributed by atoms with Gasteiger partial charge in [0.2, 0.25) is 5.91 Å². The Bertz CT molecular complexity index is 1240. The van der Waals surface area contributed by atoms with Crippen LogP contribution in [-0.2, 0) is 11.3 Å². The predicted molar refractivity (Wildman–Crippen MR) is 163 cm³/mol. The number of carbonyl (C=O) groups is 2. The second-order valence-corrected chi connectivity index (χ2v) is 11.7. The van der Waals surface area contributed by atoms with Crippen LogP contribution >= 0.6 is 12.4 Å². The second kappa shape index (κ2) is 13.8. The molecular weight excluding hydrogens is 544 g/mol. The molecule has 3 amide bonds. The third kappa shape index (κ3) is 8.06. The predicted octanol–water partition coefficient (Wildman–Crippen LogP) is 2.55. The van der Waals surface area contributed by atoms with Crippen molar-refractivity contribution < 1.29 is 9.59 Å². The summed E-state index contributed by atoms with van der Waals surface area (Å²) in [4.78, 5) is 48.2. The Kier molecular flexibility index (Phi) is 10.9. The number of anilines is 1. The quantitative estimate of drug-likeness (QED) is 0.451. The van der Waals surface area contributed by atoms with E-state index in [0.717, 1.165) is 38.8 Å². The maximum Gasteiger partial charge on any atom is 0.354 e. The van der Waals surface area contributed by atoms with Crippen LogP contribution in [0.1, 0.15) is 58.9 Å². The van der Waals surface area contributed by atoms with Crippen LogP contribution in [0.4, 0.5) is 10.6 Å². The number of piperazine rings is 1. The fourth-order valence-corrected chi connectivity index (χ4v) is 5.66. The highest BCUT2D eigenvalue weighted by Crippen LogP contribution is 2.24. The molecule has 1 saturated heterocycles. The summed E-state index contributed by atoms with van der Waals surface area (Å²) in [6.07, 6.45) is 6.05. The topological polar surface area (TPSA) is 143 Å². The largest absolute Gasteiger partial charge is 0.354 e. The van der Waals surface area contributed by atoms with Gasteiger partial charge in [-0.25, -0.2) is 9.59 Å². The highest BCUT2D eigenvalue weighted by molar-refractivity contribution is 5.89. The second-order valence-electron chi connectivity index (χ2n) is 11.7. The van der Waals surface area contributed by atoms with Crippen LogP contribution in [0.25, 0.3) is 5.69 Å². The molecule has 1 saturated carbocycles. The van der Waals surface area contributed by atoms with E-state index < -0.39 is 11.2 Å². The lowest BCUT2D eigenvalue weighted by Gasteiger charge is -2.41. The maximum atomic E-state index is 12.9. The van der Waals surface area contributed by atoms with Crippen LogP contribution in [0.2, 0.25) is 0 Å². The standard InChI is InChI=1S/C29H44N8O3.ClH/c1-5-34(23-12-8-22(30)9-13-23)19-21-6-10-24(11-7-21)37-15-14-25(33-28(37)40)32-27(39)36-17-16-35(18-20(36)2)26(38)29(3,4)31;/h6-7,10-11,14-15,20,22-23H,5,8-9,12-13,16-19,30-31H2,1-4H3,(H,32,33,39,40);1H/t20-,22?,23?;/m1./s1. The van der Waals surface area contributed by atoms with E-state index in [4.69, 9.17) is 11.5 Å². The highest BCUT2D eigenvalue weighted by Gasteiger charge is 2.34. The fourth-order valence-electron chi connectivity index (χ4n) is 5.66. The number of nitrogens with zero attached hydrogens (tertiary/aromatic N) is 5. The Morgan fingerprint density at radius 2 is 1.76 bits per heavy atom. The molecule has 2 fully saturated rings. The molecule has 1 aliphatic carbocycles. The molecular formula is C29H45ClN8O3. The molecule has 1 atom stereocenters. The number of benzene rings is 1. The Morgan fingerprint density at radius 3 is 2.32 bits per heavy atom. The molecule has 41 heavy (non-hydrogen) atoms. The molecule has 11 nitrogen and oxygen atoms in total. The molecule has 0 unspecified atom stereocenters. The smallest absolute Gasteiger partial charge is 0.337 e. The van der Waals surface area contributed by atoms with E-state index in [-0.39, 0.29) is 36.2 Å². The fraction of sp³-hybridized carbons (Fsp3) is 0.586. The van der Waals surface area contributed by atoms with Crippen molar-refractivity contribution >= 4 is 30.2 Å². The highest BCUT2D eigenvalue weighted by atomic mass is 35.5. The monoisotopic (exact) mass is 588 g/mol. The van der Waals surface area contributed by atoms with Crippen molar-refractivity contribution in [2.75, 3.05) is 31.5 Å². The molecule has 0 spiro atoms. The van der Waals surface area contributed by atoms with Gasteiger partial charge in [-0.1, -0.05) is 19.1 Å². The number of aromatic nitrogens is 2. The first-order chi connectivity index (χ1) is 19.0. The van der Waals surface area contributed by atoms with Crippen LogP contribution in [0.3, 0.4) is 0 Å². The lowest BCUT2D eigenvalue weighted by atomic mass is 9.90. The minimum Gasteiger partial charge on any atom is -0.337 e. The van der Waals surface area contributed by atoms with Gasteiger partial charge in [-0.05, 0) is 76.8 Å². The summed E-state index contributed by atoms with van der Waals surface area (Å²) in [5.41, 5.74) is 12.5. The van der Waals surface area contributed by atoms with Gasteiger partial charge in [0.05, 0.1) is 11.2 Å². The van der Waals surface area contributed by atoms with E-state index >= 15 is 0 Å². The number of amides is 3. The lowest BCUT2D eigenvalue weighted by Crippen LogP contribution is -2.61. The minimum absolute atomic E-state index is 0. The van der Waals surface area contributed by atoms with Gasteiger partial charge in [-0.3, -0.25) is 19.6 Å². The molecule has 1 aliphatic heterocycles. The summed E-state index contributed by atoms with van der Waals surface area (Å²) >= 11 is 0. The first-order valence-corrected chi connectivity index (χ1v) is 14.3. The van der Waals surface area contributed by atoms with Crippen molar-refractivity contribution in [1.82, 2.24) is 24.3 Å². The van der Waals surface area contributed by atoms with Crippen molar-refractivity contribution in [3.05, 3.63) is 52.6 Å². The summed E-state index contributed by atoms with van der Waals surface area (Å²) in [5.74, 6) is 0.0392. The summed E-state index contributed by atoms with van der Waals surface area (Å²) in [6, 6.07) is 9.88. The third-order valence-electron chi connectivity index (χ3n) is 8.03. The van der Waals surface area contributed by atoms with Gasteiger partial charge in [-0.2, -0.15) is 4.98 Å². The zero-order chi connectivity index (χ0) is 29.0. The van der Waals surface area contributed by atoms with Crippen molar-refractivity contribution in [3.63, 3.8) is 0 Å². The number of rotatable bonds is 7. The average molecular weight is 589 g/mol. The Morgan fingerprint density at radius 1 is 1.10 bits per heavy atom. The van der Waals surface area contributed by atoms with Crippen molar-refractivity contribution in [1.29, 1.82) is 0 Å². The normalized spacial score (nSPS) is 21.4. The van der Waals surface area contributed by atoms with Gasteiger partial charge in [0.15, 0.2) is 0 Å². The molecule has 2 heterocycles. The SMILES string of the molecule is CCN(Cc1ccc(-n2ccc(NC(=O)N3CCN(C(=O)C(C)(C)N)C[C@H]3C)nc2=O)cc1)C1CCC(N)CC1.Cl. The van der Waals surface area contributed by atoms with Gasteiger partial charge in [0.1, 0.15) is 5.82 Å².